The van der Waals surface area contributed by atoms with Gasteiger partial charge in [-0.25, -0.2) is 0 Å². The number of hydrogen-bond donors (Lipinski definition) is 4. The summed E-state index contributed by atoms with van der Waals surface area (Å²) in [6.45, 7) is 0. The number of anilines is 1. The summed E-state index contributed by atoms with van der Waals surface area (Å²) in [5.74, 6) is -0.819. The first-order chi connectivity index (χ1) is 16.9. The molecule has 4 N–H and O–H groups in total. The first kappa shape index (κ1) is 32.0. The van der Waals surface area contributed by atoms with Crippen molar-refractivity contribution in [2.24, 2.45) is 10.2 Å². The fourth-order valence-electron chi connectivity index (χ4n) is 3.31. The Labute approximate surface area is 262 Å². The van der Waals surface area contributed by atoms with Gasteiger partial charge in [-0.3, -0.25) is 13.9 Å². The molecule has 0 spiro atoms. The van der Waals surface area contributed by atoms with E-state index in [0.29, 0.717) is 5.69 Å². The molecule has 186 valence electrons. The number of phenolic OH excluding ortho intramolecular Hbond substituents is 1. The van der Waals surface area contributed by atoms with Crippen LogP contribution in [0.5, 0.6) is 5.75 Å². The molecule has 2 radical (unpaired) electrons. The van der Waals surface area contributed by atoms with Crippen LogP contribution in [0.15, 0.2) is 98.9 Å². The molecule has 11 nitrogen and oxygen atoms in total. The molecule has 0 aliphatic heterocycles. The van der Waals surface area contributed by atoms with E-state index in [-0.39, 0.29) is 97.5 Å². The third-order valence-electron chi connectivity index (χ3n) is 5.05. The van der Waals surface area contributed by atoms with Crippen LogP contribution < -0.4 is 5.32 Å². The van der Waals surface area contributed by atoms with E-state index in [2.05, 4.69) is 15.5 Å². The van der Waals surface area contributed by atoms with Gasteiger partial charge in [-0.05, 0) is 54.6 Å². The average Bonchev–Trinajstić information content (AvgIpc) is 2.83. The van der Waals surface area contributed by atoms with Crippen molar-refractivity contribution in [3.8, 4) is 5.75 Å². The van der Waals surface area contributed by atoms with Gasteiger partial charge in [0, 0.05) is 81.1 Å². The molecule has 0 heterocycles. The quantitative estimate of drug-likeness (QED) is 0.152. The number of amides is 1. The summed E-state index contributed by atoms with van der Waals surface area (Å²) in [5.41, 5.74) is 0.647. The molecule has 0 fully saturated rings. The normalized spacial score (nSPS) is 11.5. The van der Waals surface area contributed by atoms with Gasteiger partial charge in [-0.15, -0.1) is 5.11 Å². The fourth-order valence-corrected chi connectivity index (χ4v) is 4.50. The second-order valence-electron chi connectivity index (χ2n) is 7.46. The van der Waals surface area contributed by atoms with Gasteiger partial charge in [0.2, 0.25) is 0 Å². The number of aromatic hydroxyl groups is 1. The van der Waals surface area contributed by atoms with Crippen molar-refractivity contribution in [1.82, 2.24) is 0 Å². The van der Waals surface area contributed by atoms with Crippen LogP contribution in [0, 0.1) is 0 Å². The van der Waals surface area contributed by atoms with E-state index in [4.69, 9.17) is 4.55 Å². The maximum atomic E-state index is 12.4. The van der Waals surface area contributed by atoms with Crippen LogP contribution in [0.2, 0.25) is 0 Å². The molecule has 0 saturated heterocycles. The Bertz CT molecular complexity index is 1730. The Morgan fingerprint density at radius 1 is 0.737 bits per heavy atom. The second kappa shape index (κ2) is 12.8. The molecule has 0 saturated carbocycles. The number of fused-ring (bicyclic) bond motifs is 1. The topological polar surface area (TPSA) is 183 Å². The number of azo groups is 1. The van der Waals surface area contributed by atoms with Gasteiger partial charge >= 0.3 is 0 Å². The van der Waals surface area contributed by atoms with Crippen molar-refractivity contribution in [2.75, 3.05) is 5.32 Å². The third kappa shape index (κ3) is 7.48. The number of phenols is 1. The smallest absolute Gasteiger partial charge is 0.295 e. The van der Waals surface area contributed by atoms with Crippen LogP contribution in [-0.2, 0) is 20.2 Å². The molecular formula is C23H17N3Na2O8S2. The second-order valence-corrected chi connectivity index (χ2v) is 10.3. The molecule has 0 atom stereocenters. The molecular weight excluding hydrogens is 556 g/mol. The maximum absolute atomic E-state index is 12.4. The molecule has 4 rings (SSSR count). The van der Waals surface area contributed by atoms with Gasteiger partial charge in [0.05, 0.1) is 10.6 Å². The fraction of sp³-hybridized carbons (Fsp3) is 0. The molecule has 0 aliphatic carbocycles. The summed E-state index contributed by atoms with van der Waals surface area (Å²) in [6.07, 6.45) is 0. The SMILES string of the molecule is O=C(Nc1ccc(S(=O)(=O)O)cc1)c1ccc(N=Nc2cc(S(=O)(=O)O)c3ccccc3c2O)cc1.[Na].[Na]. The summed E-state index contributed by atoms with van der Waals surface area (Å²) in [6, 6.07) is 17.8. The first-order valence-electron chi connectivity index (χ1n) is 10.1. The van der Waals surface area contributed by atoms with Gasteiger partial charge in [-0.1, -0.05) is 24.3 Å². The number of rotatable bonds is 6. The van der Waals surface area contributed by atoms with Crippen molar-refractivity contribution < 1.29 is 35.8 Å². The van der Waals surface area contributed by atoms with Gasteiger partial charge in [0.25, 0.3) is 26.1 Å². The molecule has 38 heavy (non-hydrogen) atoms. The van der Waals surface area contributed by atoms with Gasteiger partial charge < -0.3 is 10.4 Å². The summed E-state index contributed by atoms with van der Waals surface area (Å²) in [4.78, 5) is 11.7. The van der Waals surface area contributed by atoms with Crippen molar-refractivity contribution in [3.63, 3.8) is 0 Å². The number of benzene rings is 4. The van der Waals surface area contributed by atoms with E-state index >= 15 is 0 Å². The third-order valence-corrected chi connectivity index (χ3v) is 6.81. The molecule has 0 aromatic heterocycles. The predicted molar refractivity (Wildman–Crippen MR) is 142 cm³/mol. The van der Waals surface area contributed by atoms with Gasteiger partial charge in [0.15, 0.2) is 5.75 Å². The molecule has 1 amide bonds. The Morgan fingerprint density at radius 2 is 1.32 bits per heavy atom. The van der Waals surface area contributed by atoms with E-state index < -0.39 is 31.0 Å². The number of carbonyl (C=O) groups excluding carboxylic acids is 1. The largest absolute Gasteiger partial charge is 0.505 e. The van der Waals surface area contributed by atoms with E-state index in [0.717, 1.165) is 18.2 Å². The van der Waals surface area contributed by atoms with Crippen molar-refractivity contribution in [2.45, 2.75) is 9.79 Å². The van der Waals surface area contributed by atoms with E-state index in [9.17, 15) is 31.3 Å². The van der Waals surface area contributed by atoms with Crippen LogP contribution in [0.25, 0.3) is 10.8 Å². The van der Waals surface area contributed by atoms with E-state index in [1.165, 1.54) is 48.5 Å². The van der Waals surface area contributed by atoms with E-state index in [1.54, 1.807) is 12.1 Å². The minimum atomic E-state index is -4.60. The summed E-state index contributed by atoms with van der Waals surface area (Å²) in [5, 5.41) is 21.2. The van der Waals surface area contributed by atoms with Crippen LogP contribution >= 0.6 is 0 Å². The molecule has 15 heteroatoms. The molecule has 0 aliphatic rings. The zero-order valence-corrected chi connectivity index (χ0v) is 25.7. The maximum Gasteiger partial charge on any atom is 0.295 e. The number of hydrogen-bond acceptors (Lipinski definition) is 8. The Kier molecular flexibility index (Phi) is 10.8. The molecule has 0 unspecified atom stereocenters. The van der Waals surface area contributed by atoms with Crippen LogP contribution in [0.1, 0.15) is 10.4 Å². The Balaban J connectivity index is 0.00000253. The summed E-state index contributed by atoms with van der Waals surface area (Å²) >= 11 is 0. The van der Waals surface area contributed by atoms with Gasteiger partial charge in [-0.2, -0.15) is 21.9 Å². The zero-order valence-electron chi connectivity index (χ0n) is 20.1. The van der Waals surface area contributed by atoms with Crippen molar-refractivity contribution in [1.29, 1.82) is 0 Å². The van der Waals surface area contributed by atoms with Crippen LogP contribution in [-0.4, -0.2) is 96.1 Å². The number of nitrogens with one attached hydrogen (secondary N) is 1. The Hall–Kier alpha value is -2.17. The van der Waals surface area contributed by atoms with Crippen LogP contribution in [0.3, 0.4) is 0 Å². The standard InChI is InChI=1S/C23H17N3O8S2.2Na/c27-22-19-4-2-1-3-18(19)21(36(32,33)34)13-20(22)26-25-16-7-5-14(6-8-16)23(28)24-15-9-11-17(12-10-15)35(29,30)31;;/h1-13,27H,(H,24,28)(H,29,30,31)(H,32,33,34);;. The minimum absolute atomic E-state index is 0. The monoisotopic (exact) mass is 573 g/mol. The number of nitrogens with zero attached hydrogens (tertiary/aromatic N) is 2. The summed E-state index contributed by atoms with van der Waals surface area (Å²) in [7, 11) is -8.95. The molecule has 4 aromatic rings. The van der Waals surface area contributed by atoms with E-state index in [1.807, 2.05) is 0 Å². The first-order valence-corrected chi connectivity index (χ1v) is 12.9. The molecule has 0 bridgehead atoms. The molecule has 4 aromatic carbocycles. The van der Waals surface area contributed by atoms with Gasteiger partial charge in [0.1, 0.15) is 10.6 Å². The predicted octanol–water partition coefficient (Wildman–Crippen LogP) is 3.94. The average molecular weight is 574 g/mol. The summed E-state index contributed by atoms with van der Waals surface area (Å²) < 4.78 is 64.4. The zero-order chi connectivity index (χ0) is 26.1. The van der Waals surface area contributed by atoms with Crippen LogP contribution in [0.4, 0.5) is 17.1 Å². The number of carbonyl (C=O) groups is 1. The van der Waals surface area contributed by atoms with Crippen molar-refractivity contribution >= 4 is 113 Å². The van der Waals surface area contributed by atoms with Crippen molar-refractivity contribution in [3.05, 3.63) is 84.4 Å². The minimum Gasteiger partial charge on any atom is -0.505 e. The Morgan fingerprint density at radius 3 is 1.87 bits per heavy atom.